The molecule has 84 valence electrons. The third-order valence-electron chi connectivity index (χ3n) is 1.57. The number of nitrogens with one attached hydrogen (secondary N) is 2. The number of aromatic amines is 1. The van der Waals surface area contributed by atoms with Crippen molar-refractivity contribution >= 4 is 29.3 Å². The Hall–Kier alpha value is -1.41. The van der Waals surface area contributed by atoms with Gasteiger partial charge in [-0.2, -0.15) is 15.0 Å². The largest absolute Gasteiger partial charge is 0.357 e. The van der Waals surface area contributed by atoms with Gasteiger partial charge >= 0.3 is 0 Å². The Labute approximate surface area is 100 Å². The lowest BCUT2D eigenvalue weighted by molar-refractivity contribution is 0.895. The molecule has 0 saturated heterocycles. The van der Waals surface area contributed by atoms with Crippen LogP contribution in [0.2, 0.25) is 5.28 Å². The highest BCUT2D eigenvalue weighted by Gasteiger charge is 2.08. The van der Waals surface area contributed by atoms with Gasteiger partial charge in [0.15, 0.2) is 0 Å². The van der Waals surface area contributed by atoms with E-state index >= 15 is 0 Å². The average molecular weight is 258 g/mol. The molecule has 2 rings (SSSR count). The quantitative estimate of drug-likeness (QED) is 0.852. The summed E-state index contributed by atoms with van der Waals surface area (Å²) in [6.07, 6.45) is 0. The van der Waals surface area contributed by atoms with Crippen LogP contribution in [0.1, 0.15) is 5.82 Å². The van der Waals surface area contributed by atoms with E-state index in [1.54, 1.807) is 7.05 Å². The van der Waals surface area contributed by atoms with Crippen LogP contribution in [0.3, 0.4) is 0 Å². The fraction of sp³-hybridized carbons (Fsp3) is 0.286. The van der Waals surface area contributed by atoms with Gasteiger partial charge in [0, 0.05) is 7.05 Å². The van der Waals surface area contributed by atoms with Gasteiger partial charge in [0.25, 0.3) is 0 Å². The van der Waals surface area contributed by atoms with Crippen LogP contribution >= 0.6 is 23.4 Å². The first-order valence-corrected chi connectivity index (χ1v) is 5.53. The Balaban J connectivity index is 2.24. The van der Waals surface area contributed by atoms with Crippen molar-refractivity contribution in [3.63, 3.8) is 0 Å². The number of aryl methyl sites for hydroxylation is 1. The molecule has 0 radical (unpaired) electrons. The maximum Gasteiger partial charge on any atom is 0.228 e. The molecule has 0 fully saturated rings. The molecule has 0 atom stereocenters. The predicted molar refractivity (Wildman–Crippen MR) is 59.6 cm³/mol. The van der Waals surface area contributed by atoms with Gasteiger partial charge in [-0.1, -0.05) is 0 Å². The average Bonchev–Trinajstić information content (AvgIpc) is 2.63. The summed E-state index contributed by atoms with van der Waals surface area (Å²) >= 11 is 6.95. The summed E-state index contributed by atoms with van der Waals surface area (Å²) in [7, 11) is 1.71. The van der Waals surface area contributed by atoms with Crippen LogP contribution in [-0.2, 0) is 0 Å². The van der Waals surface area contributed by atoms with Crippen LogP contribution in [-0.4, -0.2) is 37.2 Å². The molecule has 0 aliphatic carbocycles. The van der Waals surface area contributed by atoms with Crippen molar-refractivity contribution in [2.24, 2.45) is 0 Å². The van der Waals surface area contributed by atoms with Crippen LogP contribution in [0.15, 0.2) is 10.3 Å². The Morgan fingerprint density at radius 3 is 2.62 bits per heavy atom. The second-order valence-electron chi connectivity index (χ2n) is 2.77. The van der Waals surface area contributed by atoms with Gasteiger partial charge in [-0.25, -0.2) is 4.98 Å². The van der Waals surface area contributed by atoms with E-state index in [9.17, 15) is 0 Å². The van der Waals surface area contributed by atoms with Crippen molar-refractivity contribution < 1.29 is 0 Å². The van der Waals surface area contributed by atoms with Crippen molar-refractivity contribution in [2.45, 2.75) is 17.2 Å². The number of anilines is 1. The van der Waals surface area contributed by atoms with E-state index in [2.05, 4.69) is 35.5 Å². The van der Waals surface area contributed by atoms with Gasteiger partial charge in [0.1, 0.15) is 5.82 Å². The Morgan fingerprint density at radius 1 is 1.19 bits per heavy atom. The molecule has 0 aromatic carbocycles. The zero-order valence-corrected chi connectivity index (χ0v) is 10.1. The molecule has 0 aliphatic heterocycles. The summed E-state index contributed by atoms with van der Waals surface area (Å²) in [4.78, 5) is 16.1. The highest BCUT2D eigenvalue weighted by atomic mass is 35.5. The molecule has 0 aliphatic rings. The monoisotopic (exact) mass is 257 g/mol. The molecule has 9 heteroatoms. The van der Waals surface area contributed by atoms with Crippen LogP contribution in [0, 0.1) is 6.92 Å². The second kappa shape index (κ2) is 4.62. The molecular weight excluding hydrogens is 250 g/mol. The van der Waals surface area contributed by atoms with E-state index in [4.69, 9.17) is 11.6 Å². The third kappa shape index (κ3) is 2.58. The Kier molecular flexibility index (Phi) is 3.20. The van der Waals surface area contributed by atoms with Gasteiger partial charge in [0.2, 0.25) is 21.5 Å². The van der Waals surface area contributed by atoms with Crippen molar-refractivity contribution in [1.82, 2.24) is 30.1 Å². The minimum absolute atomic E-state index is 0.133. The van der Waals surface area contributed by atoms with Crippen LogP contribution in [0.5, 0.6) is 0 Å². The summed E-state index contributed by atoms with van der Waals surface area (Å²) < 4.78 is 0. The van der Waals surface area contributed by atoms with Crippen molar-refractivity contribution in [3.8, 4) is 0 Å². The first-order chi connectivity index (χ1) is 7.67. The zero-order valence-electron chi connectivity index (χ0n) is 8.52. The lowest BCUT2D eigenvalue weighted by Gasteiger charge is -2.00. The van der Waals surface area contributed by atoms with Gasteiger partial charge in [-0.15, -0.1) is 5.10 Å². The van der Waals surface area contributed by atoms with Gasteiger partial charge in [-0.05, 0) is 30.3 Å². The normalized spacial score (nSPS) is 10.4. The number of H-pyrrole nitrogens is 1. The van der Waals surface area contributed by atoms with E-state index in [0.717, 1.165) is 5.82 Å². The van der Waals surface area contributed by atoms with Crippen LogP contribution in [0.4, 0.5) is 5.95 Å². The standard InChI is InChI=1S/C7H8ClN7S/c1-3-10-7(15-14-3)16-6-12-4(8)11-5(9-2)13-6/h1-2H3,(H,10,14,15)(H,9,11,12,13). The number of halogens is 1. The van der Waals surface area contributed by atoms with E-state index in [-0.39, 0.29) is 5.28 Å². The van der Waals surface area contributed by atoms with E-state index in [1.807, 2.05) is 6.92 Å². The summed E-state index contributed by atoms with van der Waals surface area (Å²) in [5.74, 6) is 1.14. The lowest BCUT2D eigenvalue weighted by atomic mass is 10.8. The number of aromatic nitrogens is 6. The van der Waals surface area contributed by atoms with Crippen molar-refractivity contribution in [3.05, 3.63) is 11.1 Å². The van der Waals surface area contributed by atoms with E-state index < -0.39 is 0 Å². The topological polar surface area (TPSA) is 92.3 Å². The summed E-state index contributed by atoms with van der Waals surface area (Å²) in [6.45, 7) is 1.82. The molecule has 0 bridgehead atoms. The van der Waals surface area contributed by atoms with Crippen LogP contribution in [0.25, 0.3) is 0 Å². The van der Waals surface area contributed by atoms with E-state index in [1.165, 1.54) is 11.8 Å². The minimum atomic E-state index is 0.133. The molecule has 7 nitrogen and oxygen atoms in total. The maximum absolute atomic E-state index is 5.74. The molecule has 2 aromatic heterocycles. The Bertz CT molecular complexity index is 499. The number of nitrogens with zero attached hydrogens (tertiary/aromatic N) is 5. The fourth-order valence-electron chi connectivity index (χ4n) is 0.939. The summed E-state index contributed by atoms with van der Waals surface area (Å²) in [5, 5.41) is 10.6. The Morgan fingerprint density at radius 2 is 2.00 bits per heavy atom. The van der Waals surface area contributed by atoms with E-state index in [0.29, 0.717) is 16.3 Å². The zero-order chi connectivity index (χ0) is 11.5. The minimum Gasteiger partial charge on any atom is -0.357 e. The molecule has 0 unspecified atom stereocenters. The summed E-state index contributed by atoms with van der Waals surface area (Å²) in [6, 6.07) is 0. The second-order valence-corrected chi connectivity index (χ2v) is 4.04. The SMILES string of the molecule is CNc1nc(Cl)nc(Sc2n[nH]c(C)n2)n1. The molecular formula is C7H8ClN7S. The highest BCUT2D eigenvalue weighted by Crippen LogP contribution is 2.22. The smallest absolute Gasteiger partial charge is 0.228 e. The maximum atomic E-state index is 5.74. The van der Waals surface area contributed by atoms with Crippen LogP contribution < -0.4 is 5.32 Å². The number of hydrogen-bond acceptors (Lipinski definition) is 7. The first kappa shape index (κ1) is 11.1. The molecule has 2 heterocycles. The molecule has 0 saturated carbocycles. The molecule has 2 N–H and O–H groups in total. The molecule has 0 amide bonds. The lowest BCUT2D eigenvalue weighted by Crippen LogP contribution is -2.00. The number of hydrogen-bond donors (Lipinski definition) is 2. The predicted octanol–water partition coefficient (Wildman–Crippen LogP) is 1.14. The molecule has 2 aromatic rings. The molecule has 16 heavy (non-hydrogen) atoms. The van der Waals surface area contributed by atoms with Crippen molar-refractivity contribution in [1.29, 1.82) is 0 Å². The van der Waals surface area contributed by atoms with Crippen molar-refractivity contribution in [2.75, 3.05) is 12.4 Å². The first-order valence-electron chi connectivity index (χ1n) is 4.33. The van der Waals surface area contributed by atoms with Gasteiger partial charge < -0.3 is 5.32 Å². The number of rotatable bonds is 3. The van der Waals surface area contributed by atoms with Gasteiger partial charge in [0.05, 0.1) is 0 Å². The van der Waals surface area contributed by atoms with Gasteiger partial charge in [-0.3, -0.25) is 5.10 Å². The summed E-state index contributed by atoms with van der Waals surface area (Å²) in [5.41, 5.74) is 0. The third-order valence-corrected chi connectivity index (χ3v) is 2.47. The highest BCUT2D eigenvalue weighted by molar-refractivity contribution is 7.99. The fourth-order valence-corrected chi connectivity index (χ4v) is 1.85. The molecule has 0 spiro atoms.